The van der Waals surface area contributed by atoms with Crippen molar-refractivity contribution in [3.8, 4) is 0 Å². The molecule has 6 heteroatoms. The number of nitrogens with zero attached hydrogens (tertiary/aromatic N) is 1. The second kappa shape index (κ2) is 7.43. The van der Waals surface area contributed by atoms with Crippen LogP contribution in [0, 0.1) is 0 Å². The molecule has 0 fully saturated rings. The first-order chi connectivity index (χ1) is 9.78. The molecular formula is C15H24FNO4. The zero-order chi connectivity index (χ0) is 16.0. The number of ether oxygens (including phenoxy) is 2. The van der Waals surface area contributed by atoms with Gasteiger partial charge in [-0.25, -0.2) is 9.59 Å². The van der Waals surface area contributed by atoms with E-state index in [-0.39, 0.29) is 0 Å². The van der Waals surface area contributed by atoms with Crippen molar-refractivity contribution in [3.05, 3.63) is 11.6 Å². The minimum atomic E-state index is -0.720. The van der Waals surface area contributed by atoms with Crippen LogP contribution in [0.3, 0.4) is 0 Å². The molecule has 0 saturated heterocycles. The number of amides is 1. The van der Waals surface area contributed by atoms with E-state index in [1.165, 1.54) is 12.0 Å². The molecule has 1 aliphatic heterocycles. The molecule has 0 unspecified atom stereocenters. The van der Waals surface area contributed by atoms with E-state index in [9.17, 15) is 14.0 Å². The van der Waals surface area contributed by atoms with Gasteiger partial charge in [0.15, 0.2) is 0 Å². The molecule has 5 nitrogen and oxygen atoms in total. The van der Waals surface area contributed by atoms with Crippen LogP contribution in [0.5, 0.6) is 0 Å². The van der Waals surface area contributed by atoms with Gasteiger partial charge in [-0.1, -0.05) is 11.6 Å². The number of hydrogen-bond acceptors (Lipinski definition) is 4. The van der Waals surface area contributed by atoms with Crippen LogP contribution in [0.2, 0.25) is 0 Å². The number of alkyl halides is 1. The molecule has 0 saturated carbocycles. The number of esters is 1. The van der Waals surface area contributed by atoms with E-state index in [2.05, 4.69) is 0 Å². The summed E-state index contributed by atoms with van der Waals surface area (Å²) in [6.07, 6.45) is 2.47. The van der Waals surface area contributed by atoms with Crippen LogP contribution < -0.4 is 0 Å². The molecule has 0 aromatic carbocycles. The van der Waals surface area contributed by atoms with Crippen LogP contribution in [-0.2, 0) is 14.3 Å². The summed E-state index contributed by atoms with van der Waals surface area (Å²) >= 11 is 0. The molecule has 0 spiro atoms. The van der Waals surface area contributed by atoms with Gasteiger partial charge in [-0.15, -0.1) is 0 Å². The molecular weight excluding hydrogens is 277 g/mol. The van der Waals surface area contributed by atoms with Crippen molar-refractivity contribution in [2.75, 3.05) is 20.3 Å². The Morgan fingerprint density at radius 3 is 2.62 bits per heavy atom. The van der Waals surface area contributed by atoms with E-state index in [4.69, 9.17) is 9.47 Å². The summed E-state index contributed by atoms with van der Waals surface area (Å²) in [7, 11) is 1.28. The lowest BCUT2D eigenvalue weighted by Gasteiger charge is -2.30. The van der Waals surface area contributed by atoms with Gasteiger partial charge in [0.2, 0.25) is 0 Å². The van der Waals surface area contributed by atoms with E-state index in [0.29, 0.717) is 25.8 Å². The van der Waals surface area contributed by atoms with E-state index in [1.807, 2.05) is 6.08 Å². The van der Waals surface area contributed by atoms with Gasteiger partial charge in [-0.2, -0.15) is 0 Å². The zero-order valence-corrected chi connectivity index (χ0v) is 13.1. The van der Waals surface area contributed by atoms with Crippen LogP contribution in [-0.4, -0.2) is 48.9 Å². The molecule has 0 aromatic heterocycles. The maximum absolute atomic E-state index is 12.5. The summed E-state index contributed by atoms with van der Waals surface area (Å²) in [5.41, 5.74) is 0.275. The number of halogens is 1. The van der Waals surface area contributed by atoms with Crippen LogP contribution in [0.15, 0.2) is 11.6 Å². The van der Waals surface area contributed by atoms with Gasteiger partial charge in [0.05, 0.1) is 13.8 Å². The lowest BCUT2D eigenvalue weighted by atomic mass is 10.1. The maximum Gasteiger partial charge on any atom is 0.411 e. The molecule has 1 heterocycles. The molecule has 1 rings (SSSR count). The maximum atomic E-state index is 12.5. The Labute approximate surface area is 125 Å². The fourth-order valence-electron chi connectivity index (χ4n) is 2.17. The lowest BCUT2D eigenvalue weighted by molar-refractivity contribution is -0.146. The lowest BCUT2D eigenvalue weighted by Crippen LogP contribution is -2.47. The fraction of sp³-hybridized carbons (Fsp3) is 0.733. The highest BCUT2D eigenvalue weighted by molar-refractivity contribution is 5.81. The number of carbonyl (C=O) groups excluding carboxylic acids is 2. The molecule has 0 aliphatic carbocycles. The Hall–Kier alpha value is -1.59. The summed E-state index contributed by atoms with van der Waals surface area (Å²) in [4.78, 5) is 25.5. The molecule has 120 valence electrons. The molecule has 0 radical (unpaired) electrons. The van der Waals surface area contributed by atoms with Crippen molar-refractivity contribution >= 4 is 12.1 Å². The van der Waals surface area contributed by atoms with Crippen molar-refractivity contribution in [3.63, 3.8) is 0 Å². The third-order valence-corrected chi connectivity index (χ3v) is 3.20. The predicted molar refractivity (Wildman–Crippen MR) is 76.7 cm³/mol. The summed E-state index contributed by atoms with van der Waals surface area (Å²) in [6.45, 7) is 5.18. The van der Waals surface area contributed by atoms with E-state index >= 15 is 0 Å². The predicted octanol–water partition coefficient (Wildman–Crippen LogP) is 2.84. The van der Waals surface area contributed by atoms with Crippen molar-refractivity contribution in [2.24, 2.45) is 0 Å². The topological polar surface area (TPSA) is 55.8 Å². The first-order valence-corrected chi connectivity index (χ1v) is 7.10. The van der Waals surface area contributed by atoms with Crippen molar-refractivity contribution < 1.29 is 23.5 Å². The largest absolute Gasteiger partial charge is 0.467 e. The summed E-state index contributed by atoms with van der Waals surface area (Å²) in [5, 5.41) is 0. The molecule has 0 bridgehead atoms. The van der Waals surface area contributed by atoms with Crippen LogP contribution >= 0.6 is 0 Å². The van der Waals surface area contributed by atoms with Gasteiger partial charge in [0.1, 0.15) is 11.6 Å². The van der Waals surface area contributed by atoms with E-state index < -0.39 is 30.4 Å². The Bertz CT molecular complexity index is 414. The monoisotopic (exact) mass is 301 g/mol. The van der Waals surface area contributed by atoms with E-state index in [1.54, 1.807) is 20.8 Å². The van der Waals surface area contributed by atoms with Crippen molar-refractivity contribution in [1.82, 2.24) is 4.90 Å². The second-order valence-electron chi connectivity index (χ2n) is 6.00. The first-order valence-electron chi connectivity index (χ1n) is 7.10. The number of rotatable bonds is 3. The second-order valence-corrected chi connectivity index (χ2v) is 6.00. The van der Waals surface area contributed by atoms with E-state index in [0.717, 1.165) is 5.57 Å². The number of methoxy groups -OCH3 is 1. The quantitative estimate of drug-likeness (QED) is 0.594. The van der Waals surface area contributed by atoms with Gasteiger partial charge >= 0.3 is 12.1 Å². The van der Waals surface area contributed by atoms with Crippen molar-refractivity contribution in [1.29, 1.82) is 0 Å². The average molecular weight is 301 g/mol. The Morgan fingerprint density at radius 2 is 2.10 bits per heavy atom. The normalized spacial score (nSPS) is 19.6. The number of carbonyl (C=O) groups is 2. The Balaban J connectivity index is 2.89. The Kier molecular flexibility index (Phi) is 6.18. The molecule has 0 N–H and O–H groups in total. The highest BCUT2D eigenvalue weighted by Gasteiger charge is 2.34. The fourth-order valence-corrected chi connectivity index (χ4v) is 2.17. The summed E-state index contributed by atoms with van der Waals surface area (Å²) < 4.78 is 22.6. The summed E-state index contributed by atoms with van der Waals surface area (Å²) in [5.74, 6) is -0.487. The van der Waals surface area contributed by atoms with Crippen LogP contribution in [0.1, 0.15) is 40.0 Å². The smallest absolute Gasteiger partial charge is 0.411 e. The van der Waals surface area contributed by atoms with Gasteiger partial charge in [0, 0.05) is 6.54 Å². The zero-order valence-electron chi connectivity index (χ0n) is 13.1. The van der Waals surface area contributed by atoms with Gasteiger partial charge in [-0.3, -0.25) is 9.29 Å². The highest BCUT2D eigenvalue weighted by atomic mass is 19.1. The Morgan fingerprint density at radius 1 is 1.43 bits per heavy atom. The molecule has 1 aliphatic rings. The third-order valence-electron chi connectivity index (χ3n) is 3.20. The number of hydrogen-bond donors (Lipinski definition) is 0. The standard InChI is InChI=1S/C15H24FNO4/c1-15(2,3)21-14(19)17-10-8-11(7-9-16)5-6-12(17)13(18)20-4/h5,12H,6-10H2,1-4H3/t12-/m0/s1. The minimum Gasteiger partial charge on any atom is -0.467 e. The molecule has 1 atom stereocenters. The molecule has 1 amide bonds. The first kappa shape index (κ1) is 17.5. The SMILES string of the molecule is COC(=O)[C@@H]1CC=C(CCF)CCN1C(=O)OC(C)(C)C. The van der Waals surface area contributed by atoms with Gasteiger partial charge in [-0.05, 0) is 40.0 Å². The third kappa shape index (κ3) is 5.36. The molecule has 0 aromatic rings. The highest BCUT2D eigenvalue weighted by Crippen LogP contribution is 2.22. The van der Waals surface area contributed by atoms with Crippen LogP contribution in [0.4, 0.5) is 9.18 Å². The minimum absolute atomic E-state index is 0.320. The molecule has 21 heavy (non-hydrogen) atoms. The average Bonchev–Trinajstić information content (AvgIpc) is 2.59. The van der Waals surface area contributed by atoms with Crippen molar-refractivity contribution in [2.45, 2.75) is 51.7 Å². The van der Waals surface area contributed by atoms with Crippen LogP contribution in [0.25, 0.3) is 0 Å². The van der Waals surface area contributed by atoms with Gasteiger partial charge < -0.3 is 9.47 Å². The van der Waals surface area contributed by atoms with Gasteiger partial charge in [0.25, 0.3) is 0 Å². The summed E-state index contributed by atoms with van der Waals surface area (Å²) in [6, 6.07) is -0.720.